The normalized spacial score (nSPS) is 18.4. The minimum absolute atomic E-state index is 0.274. The van der Waals surface area contributed by atoms with Gasteiger partial charge >= 0.3 is 0 Å². The molecule has 8 nitrogen and oxygen atoms in total. The molecule has 2 N–H and O–H groups in total. The van der Waals surface area contributed by atoms with Crippen molar-refractivity contribution in [2.24, 2.45) is 5.92 Å². The van der Waals surface area contributed by atoms with Gasteiger partial charge in [0.1, 0.15) is 0 Å². The van der Waals surface area contributed by atoms with E-state index in [1.54, 1.807) is 11.3 Å². The first-order chi connectivity index (χ1) is 17.3. The van der Waals surface area contributed by atoms with Crippen LogP contribution in [0.5, 0.6) is 0 Å². The molecule has 6 rings (SSSR count). The third-order valence-corrected chi connectivity index (χ3v) is 8.15. The predicted octanol–water partition coefficient (Wildman–Crippen LogP) is 5.65. The number of tetrazole rings is 1. The van der Waals surface area contributed by atoms with E-state index in [4.69, 9.17) is 9.97 Å². The van der Waals surface area contributed by atoms with Crippen LogP contribution in [-0.4, -0.2) is 41.7 Å². The molecule has 180 valence electrons. The van der Waals surface area contributed by atoms with E-state index in [1.807, 2.05) is 6.33 Å². The Kier molecular flexibility index (Phi) is 6.16. The zero-order chi connectivity index (χ0) is 23.6. The predicted molar refractivity (Wildman–Crippen MR) is 140 cm³/mol. The number of thiazole rings is 1. The number of hydrogen-bond acceptors (Lipinski definition) is 7. The van der Waals surface area contributed by atoms with Crippen molar-refractivity contribution in [3.8, 4) is 0 Å². The van der Waals surface area contributed by atoms with Gasteiger partial charge in [0, 0.05) is 24.6 Å². The third-order valence-electron chi connectivity index (χ3n) is 7.18. The van der Waals surface area contributed by atoms with Gasteiger partial charge in [-0.05, 0) is 54.2 Å². The first-order valence-electron chi connectivity index (χ1n) is 12.6. The summed E-state index contributed by atoms with van der Waals surface area (Å²) in [6, 6.07) is 6.61. The Bertz CT molecular complexity index is 1360. The van der Waals surface area contributed by atoms with E-state index >= 15 is 0 Å². The Balaban J connectivity index is 1.23. The highest BCUT2D eigenvalue weighted by Gasteiger charge is 2.21. The molecule has 1 aromatic carbocycles. The van der Waals surface area contributed by atoms with E-state index in [9.17, 15) is 0 Å². The van der Waals surface area contributed by atoms with Gasteiger partial charge in [0.25, 0.3) is 0 Å². The van der Waals surface area contributed by atoms with Gasteiger partial charge in [0.15, 0.2) is 5.13 Å². The smallest absolute Gasteiger partial charge is 0.204 e. The zero-order valence-electron chi connectivity index (χ0n) is 19.9. The molecule has 1 unspecified atom stereocenters. The highest BCUT2D eigenvalue weighted by Crippen LogP contribution is 2.33. The van der Waals surface area contributed by atoms with Crippen molar-refractivity contribution in [3.05, 3.63) is 59.5 Å². The second-order valence-corrected chi connectivity index (χ2v) is 10.6. The molecule has 0 radical (unpaired) electrons. The lowest BCUT2D eigenvalue weighted by atomic mass is 9.89. The summed E-state index contributed by atoms with van der Waals surface area (Å²) in [6.45, 7) is 4.02. The maximum Gasteiger partial charge on any atom is 0.204 e. The van der Waals surface area contributed by atoms with Crippen molar-refractivity contribution in [2.75, 3.05) is 11.9 Å². The van der Waals surface area contributed by atoms with Crippen LogP contribution < -0.4 is 5.32 Å². The zero-order valence-corrected chi connectivity index (χ0v) is 20.8. The number of rotatable bonds is 7. The lowest BCUT2D eigenvalue weighted by molar-refractivity contribution is 0.373. The Hall–Kier alpha value is -3.33. The summed E-state index contributed by atoms with van der Waals surface area (Å²) in [4.78, 5) is 9.57. The molecule has 1 saturated carbocycles. The molecule has 9 heteroatoms. The van der Waals surface area contributed by atoms with E-state index in [0.29, 0.717) is 5.82 Å². The van der Waals surface area contributed by atoms with Crippen LogP contribution in [-0.2, 0) is 6.54 Å². The van der Waals surface area contributed by atoms with Gasteiger partial charge in [0.05, 0.1) is 27.9 Å². The third kappa shape index (κ3) is 4.65. The fraction of sp³-hybridized carbons (Fsp3) is 0.423. The molecule has 2 aliphatic rings. The Morgan fingerprint density at radius 3 is 2.94 bits per heavy atom. The van der Waals surface area contributed by atoms with E-state index < -0.39 is 0 Å². The first-order valence-corrected chi connectivity index (χ1v) is 13.4. The number of anilines is 1. The van der Waals surface area contributed by atoms with Crippen molar-refractivity contribution < 1.29 is 0 Å². The molecule has 0 saturated heterocycles. The number of H-pyrrole nitrogens is 1. The van der Waals surface area contributed by atoms with Crippen LogP contribution in [0.2, 0.25) is 0 Å². The molecule has 35 heavy (non-hydrogen) atoms. The fourth-order valence-corrected chi connectivity index (χ4v) is 6.21. The van der Waals surface area contributed by atoms with Crippen molar-refractivity contribution in [1.82, 2.24) is 35.2 Å². The van der Waals surface area contributed by atoms with Crippen LogP contribution in [0.4, 0.5) is 5.13 Å². The van der Waals surface area contributed by atoms with E-state index in [0.717, 1.165) is 47.3 Å². The molecule has 2 aliphatic carbocycles. The Labute approximate surface area is 208 Å². The average Bonchev–Trinajstić information content (AvgIpc) is 3.62. The molecule has 3 aromatic heterocycles. The number of hydrogen-bond donors (Lipinski definition) is 2. The molecule has 0 amide bonds. The molecule has 3 heterocycles. The van der Waals surface area contributed by atoms with Gasteiger partial charge in [-0.25, -0.2) is 9.97 Å². The molecular weight excluding hydrogens is 456 g/mol. The number of allylic oxidation sites excluding steroid dienone is 3. The standard InChI is InChI=1S/C26H30N8S/c1-2-19-9-10-20(25-30-32-33-31-25)13-22-24(19)34(16-28-22)15-18-8-11-21-23(12-18)35-26(29-21)27-14-17-6-4-3-5-7-17/h8-13,16-17,19H,2-7,14-15H2,1H3,(H,27,29)(H,30,31,32,33). The van der Waals surface area contributed by atoms with E-state index in [-0.39, 0.29) is 5.92 Å². The topological polar surface area (TPSA) is 97.2 Å². The lowest BCUT2D eigenvalue weighted by Crippen LogP contribution is -2.16. The van der Waals surface area contributed by atoms with Crippen molar-refractivity contribution >= 4 is 38.3 Å². The Morgan fingerprint density at radius 1 is 1.20 bits per heavy atom. The monoisotopic (exact) mass is 486 g/mol. The first kappa shape index (κ1) is 22.2. The van der Waals surface area contributed by atoms with Crippen LogP contribution in [0, 0.1) is 5.92 Å². The van der Waals surface area contributed by atoms with Gasteiger partial charge in [-0.3, -0.25) is 0 Å². The summed E-state index contributed by atoms with van der Waals surface area (Å²) in [5, 5.41) is 19.2. The fourth-order valence-electron chi connectivity index (χ4n) is 5.27. The summed E-state index contributed by atoms with van der Waals surface area (Å²) >= 11 is 1.76. The molecular formula is C26H30N8S. The number of imidazole rings is 1. The summed E-state index contributed by atoms with van der Waals surface area (Å²) in [5.41, 5.74) is 5.43. The van der Waals surface area contributed by atoms with Crippen molar-refractivity contribution in [1.29, 1.82) is 0 Å². The second-order valence-electron chi connectivity index (χ2n) is 9.56. The number of benzene rings is 1. The second kappa shape index (κ2) is 9.73. The summed E-state index contributed by atoms with van der Waals surface area (Å²) in [6.07, 6.45) is 16.1. The number of nitrogens with zero attached hydrogens (tertiary/aromatic N) is 6. The lowest BCUT2D eigenvalue weighted by Gasteiger charge is -2.21. The summed E-state index contributed by atoms with van der Waals surface area (Å²) in [7, 11) is 0. The number of fused-ring (bicyclic) bond motifs is 2. The van der Waals surface area contributed by atoms with Gasteiger partial charge in [-0.15, -0.1) is 10.2 Å². The largest absolute Gasteiger partial charge is 0.361 e. The number of nitrogens with one attached hydrogen (secondary N) is 2. The minimum atomic E-state index is 0.274. The van der Waals surface area contributed by atoms with Gasteiger partial charge < -0.3 is 9.88 Å². The average molecular weight is 487 g/mol. The molecule has 4 aromatic rings. The van der Waals surface area contributed by atoms with Crippen LogP contribution in [0.15, 0.2) is 36.7 Å². The summed E-state index contributed by atoms with van der Waals surface area (Å²) < 4.78 is 3.50. The van der Waals surface area contributed by atoms with Crippen LogP contribution in [0.3, 0.4) is 0 Å². The number of aromatic nitrogens is 7. The molecule has 0 aliphatic heterocycles. The number of aromatic amines is 1. The SMILES string of the molecule is CCC1C=CC(c2nn[nH]n2)=Cc2ncn(Cc3ccc4nc(NCC5CCCCC5)sc4c3)c21. The highest BCUT2D eigenvalue weighted by molar-refractivity contribution is 7.22. The van der Waals surface area contributed by atoms with Crippen LogP contribution >= 0.6 is 11.3 Å². The van der Waals surface area contributed by atoms with Gasteiger partial charge in [0.2, 0.25) is 5.82 Å². The van der Waals surface area contributed by atoms with Crippen molar-refractivity contribution in [3.63, 3.8) is 0 Å². The maximum atomic E-state index is 4.83. The quantitative estimate of drug-likeness (QED) is 0.350. The van der Waals surface area contributed by atoms with Gasteiger partial charge in [-0.1, -0.05) is 55.7 Å². The molecule has 0 bridgehead atoms. The van der Waals surface area contributed by atoms with E-state index in [1.165, 1.54) is 48.1 Å². The van der Waals surface area contributed by atoms with Gasteiger partial charge in [-0.2, -0.15) is 5.21 Å². The molecule has 0 spiro atoms. The highest BCUT2D eigenvalue weighted by atomic mass is 32.1. The maximum absolute atomic E-state index is 4.83. The van der Waals surface area contributed by atoms with E-state index in [2.05, 4.69) is 73.9 Å². The molecule has 1 atom stereocenters. The van der Waals surface area contributed by atoms with Crippen molar-refractivity contribution in [2.45, 2.75) is 57.9 Å². The van der Waals surface area contributed by atoms with Crippen LogP contribution in [0.1, 0.15) is 74.1 Å². The Morgan fingerprint density at radius 2 is 2.11 bits per heavy atom. The molecule has 1 fully saturated rings. The van der Waals surface area contributed by atoms with Crippen LogP contribution in [0.25, 0.3) is 21.9 Å². The minimum Gasteiger partial charge on any atom is -0.361 e. The summed E-state index contributed by atoms with van der Waals surface area (Å²) in [5.74, 6) is 1.65.